The summed E-state index contributed by atoms with van der Waals surface area (Å²) in [7, 11) is 0. The van der Waals surface area contributed by atoms with E-state index in [-0.39, 0.29) is 0 Å². The number of hydrogen-bond donors (Lipinski definition) is 1. The van der Waals surface area contributed by atoms with Gasteiger partial charge in [-0.2, -0.15) is 0 Å². The molecule has 0 aromatic heterocycles. The molecule has 0 saturated heterocycles. The summed E-state index contributed by atoms with van der Waals surface area (Å²) in [5, 5.41) is 3.75. The van der Waals surface area contributed by atoms with Crippen LogP contribution in [0.2, 0.25) is 0 Å². The number of nitrogens with one attached hydrogen (secondary N) is 1. The third kappa shape index (κ3) is 2.37. The van der Waals surface area contributed by atoms with Crippen molar-refractivity contribution < 1.29 is 0 Å². The van der Waals surface area contributed by atoms with Gasteiger partial charge in [0, 0.05) is 5.69 Å². The van der Waals surface area contributed by atoms with Crippen LogP contribution in [0.25, 0.3) is 0 Å². The Bertz CT molecular complexity index is 586. The van der Waals surface area contributed by atoms with Crippen LogP contribution < -0.4 is 5.32 Å². The highest BCUT2D eigenvalue weighted by Gasteiger charge is 2.19. The van der Waals surface area contributed by atoms with Gasteiger partial charge in [0.2, 0.25) is 0 Å². The van der Waals surface area contributed by atoms with Crippen LogP contribution in [0.3, 0.4) is 0 Å². The Morgan fingerprint density at radius 1 is 1.00 bits per heavy atom. The highest BCUT2D eigenvalue weighted by atomic mass is 14.9. The summed E-state index contributed by atoms with van der Waals surface area (Å²) < 4.78 is 0. The Labute approximate surface area is 115 Å². The number of benzene rings is 2. The smallest absolute Gasteiger partial charge is 0.0516 e. The van der Waals surface area contributed by atoms with Gasteiger partial charge < -0.3 is 5.32 Å². The van der Waals surface area contributed by atoms with Crippen molar-refractivity contribution in [3.8, 4) is 0 Å². The molecule has 0 amide bonds. The Morgan fingerprint density at radius 3 is 2.74 bits per heavy atom. The molecule has 0 spiro atoms. The van der Waals surface area contributed by atoms with E-state index in [4.69, 9.17) is 0 Å². The van der Waals surface area contributed by atoms with Crippen LogP contribution in [0.1, 0.15) is 41.1 Å². The molecule has 98 valence electrons. The van der Waals surface area contributed by atoms with Gasteiger partial charge in [-0.15, -0.1) is 0 Å². The fourth-order valence-electron chi connectivity index (χ4n) is 3.00. The largest absolute Gasteiger partial charge is 0.378 e. The van der Waals surface area contributed by atoms with E-state index in [1.54, 1.807) is 0 Å². The van der Waals surface area contributed by atoms with Gasteiger partial charge in [0.15, 0.2) is 0 Å². The van der Waals surface area contributed by atoms with Gasteiger partial charge in [-0.3, -0.25) is 0 Å². The van der Waals surface area contributed by atoms with Crippen LogP contribution >= 0.6 is 0 Å². The molecule has 1 atom stereocenters. The normalized spacial score (nSPS) is 17.9. The first-order valence-corrected chi connectivity index (χ1v) is 7.16. The van der Waals surface area contributed by atoms with Gasteiger partial charge in [-0.05, 0) is 61.4 Å². The van der Waals surface area contributed by atoms with E-state index >= 15 is 0 Å². The lowest BCUT2D eigenvalue weighted by Gasteiger charge is -2.28. The summed E-state index contributed by atoms with van der Waals surface area (Å²) in [4.78, 5) is 0. The van der Waals surface area contributed by atoms with Crippen LogP contribution in [0.5, 0.6) is 0 Å². The van der Waals surface area contributed by atoms with Crippen LogP contribution in [-0.2, 0) is 6.42 Å². The van der Waals surface area contributed by atoms with Crippen molar-refractivity contribution in [2.24, 2.45) is 0 Å². The highest BCUT2D eigenvalue weighted by Crippen LogP contribution is 2.33. The fourth-order valence-corrected chi connectivity index (χ4v) is 3.00. The molecule has 1 N–H and O–H groups in total. The molecule has 0 saturated carbocycles. The maximum atomic E-state index is 3.75. The SMILES string of the molecule is Cc1cccc(NC2CCCc3ccccc32)c1C. The van der Waals surface area contributed by atoms with E-state index in [2.05, 4.69) is 61.6 Å². The number of aryl methyl sites for hydroxylation is 2. The van der Waals surface area contributed by atoms with Crippen LogP contribution in [0, 0.1) is 13.8 Å². The average molecular weight is 251 g/mol. The second-order valence-electron chi connectivity index (χ2n) is 5.54. The summed E-state index contributed by atoms with van der Waals surface area (Å²) in [6.45, 7) is 4.38. The monoisotopic (exact) mass is 251 g/mol. The molecule has 0 heterocycles. The Kier molecular flexibility index (Phi) is 3.29. The Morgan fingerprint density at radius 2 is 1.84 bits per heavy atom. The molecule has 2 aromatic rings. The van der Waals surface area contributed by atoms with Crippen molar-refractivity contribution >= 4 is 5.69 Å². The summed E-state index contributed by atoms with van der Waals surface area (Å²) in [5.74, 6) is 0. The zero-order chi connectivity index (χ0) is 13.2. The molecule has 0 radical (unpaired) electrons. The summed E-state index contributed by atoms with van der Waals surface area (Å²) in [6, 6.07) is 15.8. The molecule has 0 aliphatic heterocycles. The van der Waals surface area contributed by atoms with Crippen molar-refractivity contribution in [3.05, 3.63) is 64.7 Å². The first kappa shape index (κ1) is 12.3. The predicted molar refractivity (Wildman–Crippen MR) is 81.7 cm³/mol. The van der Waals surface area contributed by atoms with Crippen LogP contribution in [0.15, 0.2) is 42.5 Å². The van der Waals surface area contributed by atoms with Crippen molar-refractivity contribution in [2.75, 3.05) is 5.32 Å². The second kappa shape index (κ2) is 5.08. The van der Waals surface area contributed by atoms with Crippen molar-refractivity contribution in [2.45, 2.75) is 39.2 Å². The molecule has 0 bridgehead atoms. The summed E-state index contributed by atoms with van der Waals surface area (Å²) >= 11 is 0. The van der Waals surface area contributed by atoms with E-state index in [1.165, 1.54) is 47.2 Å². The van der Waals surface area contributed by atoms with E-state index in [0.29, 0.717) is 6.04 Å². The lowest BCUT2D eigenvalue weighted by molar-refractivity contribution is 0.600. The minimum atomic E-state index is 0.463. The maximum absolute atomic E-state index is 3.75. The minimum Gasteiger partial charge on any atom is -0.378 e. The molecule has 3 rings (SSSR count). The second-order valence-corrected chi connectivity index (χ2v) is 5.54. The molecular weight excluding hydrogens is 230 g/mol. The van der Waals surface area contributed by atoms with Gasteiger partial charge >= 0.3 is 0 Å². The van der Waals surface area contributed by atoms with Gasteiger partial charge in [-0.1, -0.05) is 36.4 Å². The van der Waals surface area contributed by atoms with Crippen LogP contribution in [-0.4, -0.2) is 0 Å². The first-order valence-electron chi connectivity index (χ1n) is 7.16. The Hall–Kier alpha value is -1.76. The molecule has 19 heavy (non-hydrogen) atoms. The molecule has 1 nitrogen and oxygen atoms in total. The van der Waals surface area contributed by atoms with Gasteiger partial charge in [-0.25, -0.2) is 0 Å². The molecule has 0 fully saturated rings. The maximum Gasteiger partial charge on any atom is 0.0516 e. The molecule has 1 aliphatic carbocycles. The molecule has 1 heteroatoms. The quantitative estimate of drug-likeness (QED) is 0.809. The third-order valence-electron chi connectivity index (χ3n) is 4.30. The first-order chi connectivity index (χ1) is 9.25. The van der Waals surface area contributed by atoms with Gasteiger partial charge in [0.25, 0.3) is 0 Å². The predicted octanol–water partition coefficient (Wildman–Crippen LogP) is 4.79. The molecule has 1 unspecified atom stereocenters. The summed E-state index contributed by atoms with van der Waals surface area (Å²) in [5.41, 5.74) is 6.99. The van der Waals surface area contributed by atoms with Crippen LogP contribution in [0.4, 0.5) is 5.69 Å². The van der Waals surface area contributed by atoms with E-state index in [9.17, 15) is 0 Å². The minimum absolute atomic E-state index is 0.463. The number of hydrogen-bond acceptors (Lipinski definition) is 1. The number of rotatable bonds is 2. The fraction of sp³-hybridized carbons (Fsp3) is 0.333. The number of anilines is 1. The summed E-state index contributed by atoms with van der Waals surface area (Å²) in [6.07, 6.45) is 3.73. The topological polar surface area (TPSA) is 12.0 Å². The molecular formula is C18H21N. The zero-order valence-corrected chi connectivity index (χ0v) is 11.7. The Balaban J connectivity index is 1.91. The standard InChI is InChI=1S/C18H21N/c1-13-7-5-11-17(14(13)2)19-18-12-6-9-15-8-3-4-10-16(15)18/h3-5,7-8,10-11,18-19H,6,9,12H2,1-2H3. The lowest BCUT2D eigenvalue weighted by atomic mass is 9.87. The molecule has 2 aromatic carbocycles. The lowest BCUT2D eigenvalue weighted by Crippen LogP contribution is -2.17. The van der Waals surface area contributed by atoms with Gasteiger partial charge in [0.05, 0.1) is 6.04 Å². The molecule has 1 aliphatic rings. The van der Waals surface area contributed by atoms with Crippen molar-refractivity contribution in [3.63, 3.8) is 0 Å². The van der Waals surface area contributed by atoms with E-state index < -0.39 is 0 Å². The van der Waals surface area contributed by atoms with Crippen molar-refractivity contribution in [1.29, 1.82) is 0 Å². The van der Waals surface area contributed by atoms with E-state index in [0.717, 1.165) is 0 Å². The zero-order valence-electron chi connectivity index (χ0n) is 11.7. The average Bonchev–Trinajstić information content (AvgIpc) is 2.44. The van der Waals surface area contributed by atoms with Crippen molar-refractivity contribution in [1.82, 2.24) is 0 Å². The third-order valence-corrected chi connectivity index (χ3v) is 4.30. The highest BCUT2D eigenvalue weighted by molar-refractivity contribution is 5.55. The van der Waals surface area contributed by atoms with E-state index in [1.807, 2.05) is 0 Å². The number of fused-ring (bicyclic) bond motifs is 1. The van der Waals surface area contributed by atoms with Gasteiger partial charge in [0.1, 0.15) is 0 Å².